The highest BCUT2D eigenvalue weighted by molar-refractivity contribution is 5.92. The van der Waals surface area contributed by atoms with Crippen molar-refractivity contribution in [1.29, 1.82) is 0 Å². The molecule has 2 aromatic rings. The summed E-state index contributed by atoms with van der Waals surface area (Å²) in [5.41, 5.74) is 5.77. The number of carbonyl (C=O) groups is 1. The van der Waals surface area contributed by atoms with E-state index in [0.717, 1.165) is 0 Å². The maximum absolute atomic E-state index is 13.9. The summed E-state index contributed by atoms with van der Waals surface area (Å²) in [6.45, 7) is 0.606. The molecule has 5 nitrogen and oxygen atoms in total. The van der Waals surface area contributed by atoms with Crippen LogP contribution in [0, 0.1) is 11.6 Å². The Hall–Kier alpha value is -2.54. The van der Waals surface area contributed by atoms with Gasteiger partial charge in [0.1, 0.15) is 0 Å². The predicted molar refractivity (Wildman–Crippen MR) is 76.8 cm³/mol. The number of ether oxygens (including phenoxy) is 1. The van der Waals surface area contributed by atoms with Crippen LogP contribution in [0.25, 0.3) is 0 Å². The van der Waals surface area contributed by atoms with Crippen LogP contribution in [0.3, 0.4) is 0 Å². The number of amides is 1. The Labute approximate surface area is 126 Å². The number of nitrogens with two attached hydrogens (primary N) is 1. The fourth-order valence-corrected chi connectivity index (χ4v) is 1.81. The summed E-state index contributed by atoms with van der Waals surface area (Å²) in [5, 5.41) is 2.90. The minimum Gasteiger partial charge on any atom is -0.433 e. The SMILES string of the molecule is CNCCc1cc(F)c(Oc2ccc(C(N)=O)cn2)c(F)c1. The van der Waals surface area contributed by atoms with Crippen LogP contribution in [-0.2, 0) is 6.42 Å². The largest absolute Gasteiger partial charge is 0.433 e. The summed E-state index contributed by atoms with van der Waals surface area (Å²) in [5.74, 6) is -2.85. The van der Waals surface area contributed by atoms with Crippen molar-refractivity contribution in [2.45, 2.75) is 6.42 Å². The molecule has 0 bridgehead atoms. The first-order chi connectivity index (χ1) is 10.5. The quantitative estimate of drug-likeness (QED) is 0.856. The lowest BCUT2D eigenvalue weighted by molar-refractivity contribution is 0.1000. The number of nitrogens with one attached hydrogen (secondary N) is 1. The molecule has 0 spiro atoms. The Morgan fingerprint density at radius 1 is 1.32 bits per heavy atom. The molecule has 0 radical (unpaired) electrons. The Kier molecular flexibility index (Phi) is 5.00. The second-order valence-corrected chi connectivity index (χ2v) is 4.59. The summed E-state index contributed by atoms with van der Waals surface area (Å²) in [6.07, 6.45) is 1.67. The number of nitrogens with zero attached hydrogens (tertiary/aromatic N) is 1. The van der Waals surface area contributed by atoms with Gasteiger partial charge in [-0.3, -0.25) is 4.79 Å². The molecule has 7 heteroatoms. The lowest BCUT2D eigenvalue weighted by atomic mass is 10.1. The molecule has 0 aliphatic heterocycles. The molecule has 0 saturated carbocycles. The van der Waals surface area contributed by atoms with Gasteiger partial charge in [-0.2, -0.15) is 0 Å². The topological polar surface area (TPSA) is 77.2 Å². The predicted octanol–water partition coefficient (Wildman–Crippen LogP) is 2.01. The molecule has 1 amide bonds. The molecule has 116 valence electrons. The third-order valence-electron chi connectivity index (χ3n) is 2.95. The Bertz CT molecular complexity index is 652. The second-order valence-electron chi connectivity index (χ2n) is 4.59. The van der Waals surface area contributed by atoms with Gasteiger partial charge in [0.15, 0.2) is 11.6 Å². The molecular formula is C15H15F2N3O2. The van der Waals surface area contributed by atoms with Crippen molar-refractivity contribution in [3.63, 3.8) is 0 Å². The van der Waals surface area contributed by atoms with Crippen LogP contribution in [0.4, 0.5) is 8.78 Å². The van der Waals surface area contributed by atoms with Crippen LogP contribution in [-0.4, -0.2) is 24.5 Å². The number of benzene rings is 1. The molecule has 0 unspecified atom stereocenters. The third kappa shape index (κ3) is 3.76. The van der Waals surface area contributed by atoms with Gasteiger partial charge in [-0.15, -0.1) is 0 Å². The third-order valence-corrected chi connectivity index (χ3v) is 2.95. The van der Waals surface area contributed by atoms with Gasteiger partial charge in [-0.05, 0) is 43.8 Å². The van der Waals surface area contributed by atoms with Crippen LogP contribution in [0.1, 0.15) is 15.9 Å². The van der Waals surface area contributed by atoms with Crippen molar-refractivity contribution < 1.29 is 18.3 Å². The van der Waals surface area contributed by atoms with E-state index in [1.165, 1.54) is 30.5 Å². The van der Waals surface area contributed by atoms with E-state index >= 15 is 0 Å². The Balaban J connectivity index is 2.20. The summed E-state index contributed by atoms with van der Waals surface area (Å²) < 4.78 is 33.0. The van der Waals surface area contributed by atoms with Crippen LogP contribution >= 0.6 is 0 Å². The first-order valence-electron chi connectivity index (χ1n) is 6.57. The summed E-state index contributed by atoms with van der Waals surface area (Å²) in [6, 6.07) is 5.11. The lowest BCUT2D eigenvalue weighted by Crippen LogP contribution is -2.11. The van der Waals surface area contributed by atoms with Gasteiger partial charge >= 0.3 is 0 Å². The molecule has 1 heterocycles. The molecule has 1 aromatic carbocycles. The first-order valence-corrected chi connectivity index (χ1v) is 6.57. The molecular weight excluding hydrogens is 292 g/mol. The van der Waals surface area contributed by atoms with E-state index in [4.69, 9.17) is 10.5 Å². The molecule has 2 rings (SSSR count). The van der Waals surface area contributed by atoms with Crippen molar-refractivity contribution in [3.05, 3.63) is 53.2 Å². The van der Waals surface area contributed by atoms with Crippen LogP contribution in [0.15, 0.2) is 30.5 Å². The number of aromatic nitrogens is 1. The van der Waals surface area contributed by atoms with Crippen LogP contribution < -0.4 is 15.8 Å². The van der Waals surface area contributed by atoms with E-state index in [9.17, 15) is 13.6 Å². The molecule has 0 aliphatic rings. The zero-order valence-corrected chi connectivity index (χ0v) is 11.9. The number of carbonyl (C=O) groups excluding carboxylic acids is 1. The molecule has 3 N–H and O–H groups in total. The van der Waals surface area contributed by atoms with Crippen molar-refractivity contribution in [3.8, 4) is 11.6 Å². The Morgan fingerprint density at radius 2 is 2.00 bits per heavy atom. The Morgan fingerprint density at radius 3 is 2.50 bits per heavy atom. The number of pyridine rings is 1. The van der Waals surface area contributed by atoms with Crippen LogP contribution in [0.2, 0.25) is 0 Å². The average Bonchev–Trinajstić information content (AvgIpc) is 2.49. The highest BCUT2D eigenvalue weighted by Gasteiger charge is 2.14. The normalized spacial score (nSPS) is 10.5. The maximum atomic E-state index is 13.9. The zero-order chi connectivity index (χ0) is 16.1. The summed E-state index contributed by atoms with van der Waals surface area (Å²) in [7, 11) is 1.76. The molecule has 0 atom stereocenters. The number of rotatable bonds is 6. The molecule has 0 fully saturated rings. The molecule has 1 aromatic heterocycles. The van der Waals surface area contributed by atoms with Gasteiger partial charge < -0.3 is 15.8 Å². The van der Waals surface area contributed by atoms with Crippen molar-refractivity contribution in [1.82, 2.24) is 10.3 Å². The number of likely N-dealkylation sites (N-methyl/N-ethyl adjacent to an activating group) is 1. The highest BCUT2D eigenvalue weighted by Crippen LogP contribution is 2.27. The van der Waals surface area contributed by atoms with E-state index in [0.29, 0.717) is 18.5 Å². The molecule has 0 aliphatic carbocycles. The number of hydrogen-bond donors (Lipinski definition) is 2. The molecule has 0 saturated heterocycles. The van der Waals surface area contributed by atoms with Crippen molar-refractivity contribution >= 4 is 5.91 Å². The van der Waals surface area contributed by atoms with E-state index < -0.39 is 23.3 Å². The van der Waals surface area contributed by atoms with Crippen molar-refractivity contribution in [2.75, 3.05) is 13.6 Å². The number of hydrogen-bond acceptors (Lipinski definition) is 4. The van der Waals surface area contributed by atoms with Gasteiger partial charge in [0.05, 0.1) is 5.56 Å². The maximum Gasteiger partial charge on any atom is 0.250 e. The number of primary amides is 1. The summed E-state index contributed by atoms with van der Waals surface area (Å²) >= 11 is 0. The van der Waals surface area contributed by atoms with Gasteiger partial charge in [-0.25, -0.2) is 13.8 Å². The fourth-order valence-electron chi connectivity index (χ4n) is 1.81. The van der Waals surface area contributed by atoms with E-state index in [2.05, 4.69) is 10.3 Å². The number of halogens is 2. The first kappa shape index (κ1) is 15.8. The highest BCUT2D eigenvalue weighted by atomic mass is 19.1. The smallest absolute Gasteiger partial charge is 0.250 e. The van der Waals surface area contributed by atoms with Crippen LogP contribution in [0.5, 0.6) is 11.6 Å². The van der Waals surface area contributed by atoms with E-state index in [-0.39, 0.29) is 11.4 Å². The summed E-state index contributed by atoms with van der Waals surface area (Å²) in [4.78, 5) is 14.7. The zero-order valence-electron chi connectivity index (χ0n) is 11.9. The van der Waals surface area contributed by atoms with E-state index in [1.54, 1.807) is 7.05 Å². The molecule has 22 heavy (non-hydrogen) atoms. The average molecular weight is 307 g/mol. The standard InChI is InChI=1S/C15H15F2N3O2/c1-19-5-4-9-6-11(16)14(12(17)7-9)22-13-3-2-10(8-20-13)15(18)21/h2-3,6-8,19H,4-5H2,1H3,(H2,18,21). The monoisotopic (exact) mass is 307 g/mol. The second kappa shape index (κ2) is 6.95. The van der Waals surface area contributed by atoms with Gasteiger partial charge in [-0.1, -0.05) is 0 Å². The van der Waals surface area contributed by atoms with Gasteiger partial charge in [0.25, 0.3) is 0 Å². The van der Waals surface area contributed by atoms with E-state index in [1.807, 2.05) is 0 Å². The minimum absolute atomic E-state index is 0.0363. The van der Waals surface area contributed by atoms with Gasteiger partial charge in [0.2, 0.25) is 17.5 Å². The fraction of sp³-hybridized carbons (Fsp3) is 0.200. The minimum atomic E-state index is -0.813. The van der Waals surface area contributed by atoms with Gasteiger partial charge in [0, 0.05) is 12.3 Å². The van der Waals surface area contributed by atoms with Crippen molar-refractivity contribution in [2.24, 2.45) is 5.73 Å². The lowest BCUT2D eigenvalue weighted by Gasteiger charge is -2.09.